The summed E-state index contributed by atoms with van der Waals surface area (Å²) in [6.07, 6.45) is 3.36. The first kappa shape index (κ1) is 20.2. The molecule has 1 fully saturated rings. The molecule has 0 unspecified atom stereocenters. The first-order valence-corrected chi connectivity index (χ1v) is 9.36. The van der Waals surface area contributed by atoms with Gasteiger partial charge in [0.2, 0.25) is 11.8 Å². The molecule has 0 spiro atoms. The van der Waals surface area contributed by atoms with Crippen LogP contribution >= 0.6 is 0 Å². The number of carbonyl (C=O) groups is 2. The fraction of sp³-hybridized carbons (Fsp3) is 0.579. The van der Waals surface area contributed by atoms with E-state index in [-0.39, 0.29) is 11.8 Å². The highest BCUT2D eigenvalue weighted by molar-refractivity contribution is 5.93. The lowest BCUT2D eigenvalue weighted by Crippen LogP contribution is -2.41. The van der Waals surface area contributed by atoms with Crippen LogP contribution < -0.4 is 16.4 Å². The normalized spacial score (nSPS) is 14.8. The Morgan fingerprint density at radius 1 is 1.04 bits per heavy atom. The van der Waals surface area contributed by atoms with E-state index < -0.39 is 0 Å². The van der Waals surface area contributed by atoms with Gasteiger partial charge in [0.15, 0.2) is 0 Å². The molecule has 7 nitrogen and oxygen atoms in total. The number of benzene rings is 1. The predicted octanol–water partition coefficient (Wildman–Crippen LogP) is 1.61. The van der Waals surface area contributed by atoms with Gasteiger partial charge >= 0.3 is 0 Å². The van der Waals surface area contributed by atoms with Crippen LogP contribution in [0.15, 0.2) is 24.3 Å². The number of hydrogen-bond acceptors (Lipinski definition) is 5. The average Bonchev–Trinajstić information content (AvgIpc) is 2.64. The maximum absolute atomic E-state index is 11.9. The van der Waals surface area contributed by atoms with E-state index in [9.17, 15) is 9.59 Å². The number of unbranched alkanes of at least 4 members (excludes halogenated alkanes) is 2. The number of amides is 2. The minimum Gasteiger partial charge on any atom is -0.397 e. The molecule has 0 saturated carbocycles. The van der Waals surface area contributed by atoms with Crippen LogP contribution in [0.5, 0.6) is 0 Å². The van der Waals surface area contributed by atoms with Gasteiger partial charge in [-0.25, -0.2) is 0 Å². The van der Waals surface area contributed by atoms with E-state index in [1.807, 2.05) is 12.1 Å². The summed E-state index contributed by atoms with van der Waals surface area (Å²) < 4.78 is 5.30. The monoisotopic (exact) mass is 362 g/mol. The van der Waals surface area contributed by atoms with Gasteiger partial charge in [0, 0.05) is 39.0 Å². The van der Waals surface area contributed by atoms with Gasteiger partial charge in [0.1, 0.15) is 0 Å². The van der Waals surface area contributed by atoms with Crippen LogP contribution in [0.1, 0.15) is 32.1 Å². The number of nitrogens with one attached hydrogen (secondary N) is 2. The summed E-state index contributed by atoms with van der Waals surface area (Å²) in [6.45, 7) is 4.98. The molecule has 0 atom stereocenters. The molecule has 0 aliphatic carbocycles. The Morgan fingerprint density at radius 3 is 2.46 bits per heavy atom. The number of nitrogen functional groups attached to an aromatic ring is 1. The lowest BCUT2D eigenvalue weighted by molar-refractivity contribution is -0.121. The predicted molar refractivity (Wildman–Crippen MR) is 103 cm³/mol. The van der Waals surface area contributed by atoms with E-state index >= 15 is 0 Å². The van der Waals surface area contributed by atoms with Crippen molar-refractivity contribution in [2.24, 2.45) is 0 Å². The third-order valence-electron chi connectivity index (χ3n) is 4.40. The zero-order valence-corrected chi connectivity index (χ0v) is 15.3. The third-order valence-corrected chi connectivity index (χ3v) is 4.40. The number of nitrogens with two attached hydrogens (primary N) is 1. The minimum atomic E-state index is -0.0436. The number of anilines is 2. The van der Waals surface area contributed by atoms with Crippen LogP contribution in [-0.2, 0) is 14.3 Å². The summed E-state index contributed by atoms with van der Waals surface area (Å²) in [5.74, 6) is 0.0395. The third kappa shape index (κ3) is 7.84. The van der Waals surface area contributed by atoms with Crippen LogP contribution in [0.4, 0.5) is 11.4 Å². The summed E-state index contributed by atoms with van der Waals surface area (Å²) in [5, 5.41) is 5.77. The first-order chi connectivity index (χ1) is 12.6. The van der Waals surface area contributed by atoms with Crippen molar-refractivity contribution in [3.8, 4) is 0 Å². The van der Waals surface area contributed by atoms with Crippen molar-refractivity contribution in [2.75, 3.05) is 50.4 Å². The van der Waals surface area contributed by atoms with Gasteiger partial charge in [0.05, 0.1) is 24.6 Å². The highest BCUT2D eigenvalue weighted by Crippen LogP contribution is 2.17. The van der Waals surface area contributed by atoms with Gasteiger partial charge in [0.25, 0.3) is 0 Å². The van der Waals surface area contributed by atoms with Crippen LogP contribution in [0.25, 0.3) is 0 Å². The molecule has 26 heavy (non-hydrogen) atoms. The summed E-state index contributed by atoms with van der Waals surface area (Å²) in [7, 11) is 0. The molecule has 0 aromatic heterocycles. The van der Waals surface area contributed by atoms with Crippen LogP contribution in [0.3, 0.4) is 0 Å². The number of rotatable bonds is 10. The summed E-state index contributed by atoms with van der Waals surface area (Å²) in [5.41, 5.74) is 7.01. The first-order valence-electron chi connectivity index (χ1n) is 9.36. The maximum Gasteiger partial charge on any atom is 0.224 e. The second-order valence-electron chi connectivity index (χ2n) is 6.50. The Kier molecular flexibility index (Phi) is 8.92. The molecule has 0 bridgehead atoms. The van der Waals surface area contributed by atoms with Crippen molar-refractivity contribution in [3.05, 3.63) is 24.3 Å². The highest BCUT2D eigenvalue weighted by atomic mass is 16.5. The van der Waals surface area contributed by atoms with Crippen LogP contribution in [0.2, 0.25) is 0 Å². The Hall–Kier alpha value is -2.12. The van der Waals surface area contributed by atoms with E-state index in [1.165, 1.54) is 0 Å². The maximum atomic E-state index is 11.9. The van der Waals surface area contributed by atoms with Gasteiger partial charge < -0.3 is 21.1 Å². The number of carbonyl (C=O) groups excluding carboxylic acids is 2. The zero-order chi connectivity index (χ0) is 18.6. The van der Waals surface area contributed by atoms with Crippen LogP contribution in [-0.4, -0.2) is 56.1 Å². The molecule has 0 radical (unpaired) electrons. The molecule has 4 N–H and O–H groups in total. The van der Waals surface area contributed by atoms with Gasteiger partial charge in [-0.3, -0.25) is 14.5 Å². The molecular weight excluding hydrogens is 332 g/mol. The highest BCUT2D eigenvalue weighted by Gasteiger charge is 2.10. The number of morpholine rings is 1. The van der Waals surface area contributed by atoms with Crippen molar-refractivity contribution >= 4 is 23.2 Å². The van der Waals surface area contributed by atoms with E-state index in [0.29, 0.717) is 30.8 Å². The Labute approximate surface area is 155 Å². The smallest absolute Gasteiger partial charge is 0.224 e. The Bertz CT molecular complexity index is 574. The lowest BCUT2D eigenvalue weighted by Gasteiger charge is -2.26. The fourth-order valence-corrected chi connectivity index (χ4v) is 2.84. The van der Waals surface area contributed by atoms with E-state index in [2.05, 4.69) is 15.5 Å². The standard InChI is InChI=1S/C19H30N4O3/c20-16-6-4-5-7-17(16)22-19(25)9-3-1-2-8-18(24)21-10-11-23-12-14-26-15-13-23/h4-7H,1-3,8-15,20H2,(H,21,24)(H,22,25). The van der Waals surface area contributed by atoms with Gasteiger partial charge in [-0.1, -0.05) is 18.6 Å². The van der Waals surface area contributed by atoms with Crippen molar-refractivity contribution in [3.63, 3.8) is 0 Å². The SMILES string of the molecule is Nc1ccccc1NC(=O)CCCCCC(=O)NCCN1CCOCC1. The number of ether oxygens (including phenoxy) is 1. The molecule has 1 saturated heterocycles. The van der Waals surface area contributed by atoms with Gasteiger partial charge in [-0.2, -0.15) is 0 Å². The second-order valence-corrected chi connectivity index (χ2v) is 6.50. The van der Waals surface area contributed by atoms with Gasteiger partial charge in [-0.05, 0) is 25.0 Å². The largest absolute Gasteiger partial charge is 0.397 e. The summed E-state index contributed by atoms with van der Waals surface area (Å²) in [4.78, 5) is 26.0. The topological polar surface area (TPSA) is 96.7 Å². The number of nitrogens with zero attached hydrogens (tertiary/aromatic N) is 1. The molecule has 2 rings (SSSR count). The fourth-order valence-electron chi connectivity index (χ4n) is 2.84. The van der Waals surface area contributed by atoms with E-state index in [1.54, 1.807) is 12.1 Å². The zero-order valence-electron chi connectivity index (χ0n) is 15.3. The summed E-state index contributed by atoms with van der Waals surface area (Å²) in [6, 6.07) is 7.21. The Balaban J connectivity index is 1.47. The van der Waals surface area contributed by atoms with Crippen molar-refractivity contribution in [1.29, 1.82) is 0 Å². The number of hydrogen-bond donors (Lipinski definition) is 3. The quantitative estimate of drug-likeness (QED) is 0.434. The minimum absolute atomic E-state index is 0.0436. The van der Waals surface area contributed by atoms with Crippen molar-refractivity contribution in [2.45, 2.75) is 32.1 Å². The van der Waals surface area contributed by atoms with Crippen molar-refractivity contribution < 1.29 is 14.3 Å². The molecule has 1 aliphatic heterocycles. The summed E-state index contributed by atoms with van der Waals surface area (Å²) >= 11 is 0. The molecule has 1 aliphatic rings. The Morgan fingerprint density at radius 2 is 1.73 bits per heavy atom. The second kappa shape index (κ2) is 11.5. The average molecular weight is 362 g/mol. The molecule has 1 aromatic rings. The van der Waals surface area contributed by atoms with Crippen molar-refractivity contribution in [1.82, 2.24) is 10.2 Å². The lowest BCUT2D eigenvalue weighted by atomic mass is 10.1. The molecule has 1 heterocycles. The molecule has 2 amide bonds. The number of para-hydroxylation sites is 2. The van der Waals surface area contributed by atoms with Gasteiger partial charge in [-0.15, -0.1) is 0 Å². The molecular formula is C19H30N4O3. The molecule has 144 valence electrons. The molecule has 1 aromatic carbocycles. The van der Waals surface area contributed by atoms with E-state index in [0.717, 1.165) is 52.1 Å². The van der Waals surface area contributed by atoms with Crippen LogP contribution in [0, 0.1) is 0 Å². The van der Waals surface area contributed by atoms with E-state index in [4.69, 9.17) is 10.5 Å². The molecule has 7 heteroatoms.